The highest BCUT2D eigenvalue weighted by molar-refractivity contribution is 7.91. The van der Waals surface area contributed by atoms with Gasteiger partial charge in [0, 0.05) is 12.3 Å². The monoisotopic (exact) mass is 296 g/mol. The van der Waals surface area contributed by atoms with Gasteiger partial charge < -0.3 is 5.32 Å². The van der Waals surface area contributed by atoms with E-state index in [1.54, 1.807) is 6.07 Å². The smallest absolute Gasteiger partial charge is 0.150 e. The van der Waals surface area contributed by atoms with Crippen LogP contribution in [-0.4, -0.2) is 26.0 Å². The lowest BCUT2D eigenvalue weighted by molar-refractivity contribution is 0.452. The van der Waals surface area contributed by atoms with Crippen LogP contribution in [-0.2, 0) is 9.84 Å². The minimum atomic E-state index is -3.05. The van der Waals surface area contributed by atoms with Crippen LogP contribution in [0.25, 0.3) is 0 Å². The van der Waals surface area contributed by atoms with Crippen molar-refractivity contribution in [1.29, 1.82) is 5.26 Å². The van der Waals surface area contributed by atoms with Crippen LogP contribution >= 0.6 is 0 Å². The predicted octanol–water partition coefficient (Wildman–Crippen LogP) is 2.47. The highest BCUT2D eigenvalue weighted by Crippen LogP contribution is 2.28. The van der Waals surface area contributed by atoms with E-state index in [4.69, 9.17) is 5.26 Å². The number of rotatable bonds is 3. The number of nitrogens with one attached hydrogen (secondary N) is 1. The third-order valence-electron chi connectivity index (χ3n) is 3.72. The van der Waals surface area contributed by atoms with Gasteiger partial charge in [-0.1, -0.05) is 12.5 Å². The van der Waals surface area contributed by atoms with Crippen LogP contribution in [0.15, 0.2) is 18.2 Å². The molecule has 2 atom stereocenters. The molecule has 2 rings (SSSR count). The van der Waals surface area contributed by atoms with E-state index in [-0.39, 0.29) is 16.9 Å². The van der Waals surface area contributed by atoms with Crippen LogP contribution < -0.4 is 5.32 Å². The second kappa shape index (κ2) is 5.80. The number of nitriles is 1. The molecule has 1 aromatic carbocycles. The molecule has 1 aliphatic rings. The zero-order valence-electron chi connectivity index (χ0n) is 11.3. The van der Waals surface area contributed by atoms with Crippen molar-refractivity contribution in [2.24, 2.45) is 0 Å². The SMILES string of the molecule is CS(=O)(=O)[C@@H]1CCC[C@@H](Nc2cccc(F)c2C#N)C1. The molecule has 108 valence electrons. The first kappa shape index (κ1) is 14.8. The molecule has 0 saturated heterocycles. The van der Waals surface area contributed by atoms with Crippen LogP contribution in [0.5, 0.6) is 0 Å². The van der Waals surface area contributed by atoms with Gasteiger partial charge in [-0.25, -0.2) is 12.8 Å². The van der Waals surface area contributed by atoms with Gasteiger partial charge in [0.1, 0.15) is 27.3 Å². The van der Waals surface area contributed by atoms with Gasteiger partial charge in [0.05, 0.1) is 10.9 Å². The van der Waals surface area contributed by atoms with E-state index < -0.39 is 15.7 Å². The van der Waals surface area contributed by atoms with Crippen molar-refractivity contribution in [1.82, 2.24) is 0 Å². The van der Waals surface area contributed by atoms with Crippen molar-refractivity contribution in [3.63, 3.8) is 0 Å². The fourth-order valence-corrected chi connectivity index (χ4v) is 3.82. The number of benzene rings is 1. The van der Waals surface area contributed by atoms with Crippen molar-refractivity contribution >= 4 is 15.5 Å². The number of halogens is 1. The first-order valence-corrected chi connectivity index (χ1v) is 8.51. The summed E-state index contributed by atoms with van der Waals surface area (Å²) < 4.78 is 36.8. The van der Waals surface area contributed by atoms with Gasteiger partial charge in [-0.15, -0.1) is 0 Å². The van der Waals surface area contributed by atoms with E-state index in [0.29, 0.717) is 18.5 Å². The van der Waals surface area contributed by atoms with Gasteiger partial charge in [0.15, 0.2) is 0 Å². The van der Waals surface area contributed by atoms with E-state index >= 15 is 0 Å². The number of hydrogen-bond acceptors (Lipinski definition) is 4. The molecule has 0 spiro atoms. The molecule has 1 N–H and O–H groups in total. The topological polar surface area (TPSA) is 70.0 Å². The Bertz CT molecular complexity index is 637. The van der Waals surface area contributed by atoms with Crippen molar-refractivity contribution in [3.8, 4) is 6.07 Å². The molecule has 0 aromatic heterocycles. The van der Waals surface area contributed by atoms with Crippen LogP contribution in [0.3, 0.4) is 0 Å². The molecule has 1 fully saturated rings. The Labute approximate surface area is 118 Å². The van der Waals surface area contributed by atoms with Crippen molar-refractivity contribution in [3.05, 3.63) is 29.6 Å². The van der Waals surface area contributed by atoms with Crippen molar-refractivity contribution in [2.75, 3.05) is 11.6 Å². The molecule has 1 aliphatic carbocycles. The Morgan fingerprint density at radius 2 is 2.15 bits per heavy atom. The Hall–Kier alpha value is -1.61. The van der Waals surface area contributed by atoms with E-state index in [1.807, 2.05) is 6.07 Å². The largest absolute Gasteiger partial charge is 0.381 e. The Morgan fingerprint density at radius 1 is 1.40 bits per heavy atom. The normalized spacial score (nSPS) is 23.1. The number of nitrogens with zero attached hydrogens (tertiary/aromatic N) is 1. The summed E-state index contributed by atoms with van der Waals surface area (Å²) in [5, 5.41) is 11.7. The fraction of sp³-hybridized carbons (Fsp3) is 0.500. The second-order valence-corrected chi connectivity index (χ2v) is 7.56. The summed E-state index contributed by atoms with van der Waals surface area (Å²) in [7, 11) is -3.05. The maximum Gasteiger partial charge on any atom is 0.150 e. The Kier molecular flexibility index (Phi) is 4.29. The van der Waals surface area contributed by atoms with E-state index in [9.17, 15) is 12.8 Å². The first-order chi connectivity index (χ1) is 9.41. The summed E-state index contributed by atoms with van der Waals surface area (Å²) in [6, 6.07) is 6.22. The molecular weight excluding hydrogens is 279 g/mol. The molecule has 0 heterocycles. The standard InChI is InChI=1S/C14H17FN2O2S/c1-20(18,19)11-5-2-4-10(8-11)17-14-7-3-6-13(15)12(14)9-16/h3,6-7,10-11,17H,2,4-5,8H2,1H3/t10-,11-/m1/s1. The fourth-order valence-electron chi connectivity index (χ4n) is 2.64. The summed E-state index contributed by atoms with van der Waals surface area (Å²) >= 11 is 0. The summed E-state index contributed by atoms with van der Waals surface area (Å²) in [6.45, 7) is 0. The molecule has 1 aromatic rings. The quantitative estimate of drug-likeness (QED) is 0.930. The predicted molar refractivity (Wildman–Crippen MR) is 75.6 cm³/mol. The van der Waals surface area contributed by atoms with Crippen LogP contribution in [0, 0.1) is 17.1 Å². The van der Waals surface area contributed by atoms with Crippen LogP contribution in [0.1, 0.15) is 31.2 Å². The van der Waals surface area contributed by atoms with Gasteiger partial charge in [0.2, 0.25) is 0 Å². The zero-order chi connectivity index (χ0) is 14.8. The number of hydrogen-bond donors (Lipinski definition) is 1. The summed E-state index contributed by atoms with van der Waals surface area (Å²) in [5.41, 5.74) is 0.417. The minimum absolute atomic E-state index is 0.0195. The van der Waals surface area contributed by atoms with E-state index in [0.717, 1.165) is 12.8 Å². The number of anilines is 1. The maximum absolute atomic E-state index is 13.5. The second-order valence-electron chi connectivity index (χ2n) is 5.23. The molecule has 0 radical (unpaired) electrons. The third-order valence-corrected chi connectivity index (χ3v) is 5.36. The van der Waals surface area contributed by atoms with Gasteiger partial charge in [-0.3, -0.25) is 0 Å². The van der Waals surface area contributed by atoms with Gasteiger partial charge in [-0.2, -0.15) is 5.26 Å². The molecule has 1 saturated carbocycles. The molecular formula is C14H17FN2O2S. The summed E-state index contributed by atoms with van der Waals surface area (Å²) in [6.07, 6.45) is 4.06. The Morgan fingerprint density at radius 3 is 2.80 bits per heavy atom. The molecule has 6 heteroatoms. The van der Waals surface area contributed by atoms with Crippen molar-refractivity contribution < 1.29 is 12.8 Å². The van der Waals surface area contributed by atoms with Gasteiger partial charge in [-0.05, 0) is 31.4 Å². The molecule has 0 bridgehead atoms. The van der Waals surface area contributed by atoms with Crippen molar-refractivity contribution in [2.45, 2.75) is 37.0 Å². The highest BCUT2D eigenvalue weighted by atomic mass is 32.2. The average Bonchev–Trinajstić information content (AvgIpc) is 2.38. The van der Waals surface area contributed by atoms with E-state index in [1.165, 1.54) is 18.4 Å². The minimum Gasteiger partial charge on any atom is -0.381 e. The lowest BCUT2D eigenvalue weighted by Crippen LogP contribution is -2.34. The Balaban J connectivity index is 2.15. The van der Waals surface area contributed by atoms with Gasteiger partial charge >= 0.3 is 0 Å². The maximum atomic E-state index is 13.5. The van der Waals surface area contributed by atoms with Gasteiger partial charge in [0.25, 0.3) is 0 Å². The molecule has 0 unspecified atom stereocenters. The van der Waals surface area contributed by atoms with Crippen LogP contribution in [0.2, 0.25) is 0 Å². The zero-order valence-corrected chi connectivity index (χ0v) is 12.1. The molecule has 4 nitrogen and oxygen atoms in total. The average molecular weight is 296 g/mol. The van der Waals surface area contributed by atoms with E-state index in [2.05, 4.69) is 5.32 Å². The molecule has 0 amide bonds. The first-order valence-electron chi connectivity index (χ1n) is 6.56. The highest BCUT2D eigenvalue weighted by Gasteiger charge is 2.29. The van der Waals surface area contributed by atoms with Crippen LogP contribution in [0.4, 0.5) is 10.1 Å². The number of sulfone groups is 1. The summed E-state index contributed by atoms with van der Waals surface area (Å²) in [5.74, 6) is -0.562. The lowest BCUT2D eigenvalue weighted by atomic mass is 9.94. The molecule has 0 aliphatic heterocycles. The lowest BCUT2D eigenvalue weighted by Gasteiger charge is -2.29. The third kappa shape index (κ3) is 3.28. The molecule has 20 heavy (non-hydrogen) atoms. The summed E-state index contributed by atoms with van der Waals surface area (Å²) in [4.78, 5) is 0.